The summed E-state index contributed by atoms with van der Waals surface area (Å²) in [5.41, 5.74) is 1.04. The van der Waals surface area contributed by atoms with Crippen LogP contribution in [0.15, 0.2) is 18.3 Å². The van der Waals surface area contributed by atoms with Crippen LogP contribution in [0.2, 0.25) is 0 Å². The number of carbonyl (C=O) groups excluding carboxylic acids is 1. The number of methoxy groups -OCH3 is 2. The molecule has 5 nitrogen and oxygen atoms in total. The number of carbonyl (C=O) groups is 1. The molecule has 0 spiro atoms. The summed E-state index contributed by atoms with van der Waals surface area (Å²) in [6.07, 6.45) is 1.68. The highest BCUT2D eigenvalue weighted by Crippen LogP contribution is 2.08. The van der Waals surface area contributed by atoms with Gasteiger partial charge in [0.1, 0.15) is 4.83 Å². The van der Waals surface area contributed by atoms with E-state index in [4.69, 9.17) is 4.74 Å². The summed E-state index contributed by atoms with van der Waals surface area (Å²) in [6.45, 7) is 1.13. The molecule has 1 aromatic rings. The number of pyridine rings is 1. The summed E-state index contributed by atoms with van der Waals surface area (Å²) >= 11 is 3.23. The van der Waals surface area contributed by atoms with E-state index in [-0.39, 0.29) is 10.8 Å². The topological polar surface area (TPSA) is 60.5 Å². The van der Waals surface area contributed by atoms with Gasteiger partial charge in [-0.15, -0.1) is 0 Å². The number of ether oxygens (including phenoxy) is 2. The first-order chi connectivity index (χ1) is 8.17. The predicted molar refractivity (Wildman–Crippen MR) is 67.2 cm³/mol. The molecule has 17 heavy (non-hydrogen) atoms. The van der Waals surface area contributed by atoms with Crippen LogP contribution in [-0.4, -0.2) is 36.5 Å². The van der Waals surface area contributed by atoms with Crippen LogP contribution in [0, 0.1) is 0 Å². The number of nitrogens with zero attached hydrogens (tertiary/aromatic N) is 1. The van der Waals surface area contributed by atoms with Crippen LogP contribution in [0.4, 0.5) is 0 Å². The molecule has 0 fully saturated rings. The van der Waals surface area contributed by atoms with Gasteiger partial charge in [0, 0.05) is 25.4 Å². The van der Waals surface area contributed by atoms with Crippen molar-refractivity contribution in [2.24, 2.45) is 0 Å². The fourth-order valence-electron chi connectivity index (χ4n) is 1.23. The van der Waals surface area contributed by atoms with E-state index >= 15 is 0 Å². The van der Waals surface area contributed by atoms with Crippen LogP contribution >= 0.6 is 15.9 Å². The molecule has 0 aliphatic rings. The average molecular weight is 303 g/mol. The molecule has 0 bridgehead atoms. The van der Waals surface area contributed by atoms with Gasteiger partial charge in [0.15, 0.2) is 0 Å². The molecule has 0 saturated heterocycles. The number of nitrogens with one attached hydrogen (secondary N) is 1. The van der Waals surface area contributed by atoms with Gasteiger partial charge in [-0.1, -0.05) is 15.9 Å². The van der Waals surface area contributed by atoms with Crippen molar-refractivity contribution < 1.29 is 14.3 Å². The Bertz CT molecular complexity index is 373. The Morgan fingerprint density at radius 3 is 3.00 bits per heavy atom. The molecule has 1 aromatic heterocycles. The van der Waals surface area contributed by atoms with Gasteiger partial charge < -0.3 is 14.8 Å². The van der Waals surface area contributed by atoms with Gasteiger partial charge in [-0.05, 0) is 11.6 Å². The van der Waals surface area contributed by atoms with Gasteiger partial charge in [0.05, 0.1) is 14.2 Å². The summed E-state index contributed by atoms with van der Waals surface area (Å²) in [4.78, 5) is 14.8. The largest absolute Gasteiger partial charge is 0.481 e. The summed E-state index contributed by atoms with van der Waals surface area (Å²) in [5, 5.41) is 3.14. The van der Waals surface area contributed by atoms with Crippen LogP contribution in [0.25, 0.3) is 0 Å². The maximum atomic E-state index is 11.1. The average Bonchev–Trinajstić information content (AvgIpc) is 2.37. The predicted octanol–water partition coefficient (Wildman–Crippen LogP) is 1.12. The zero-order valence-corrected chi connectivity index (χ0v) is 11.4. The molecule has 94 valence electrons. The molecule has 0 aromatic carbocycles. The van der Waals surface area contributed by atoms with Crippen LogP contribution < -0.4 is 10.1 Å². The van der Waals surface area contributed by atoms with E-state index in [1.165, 1.54) is 7.11 Å². The SMILES string of the molecule is COC(=O)C(Br)CNCc1ccnc(OC)c1. The lowest BCUT2D eigenvalue weighted by molar-refractivity contribution is -0.139. The minimum absolute atomic E-state index is 0.287. The van der Waals surface area contributed by atoms with Crippen LogP contribution in [0.1, 0.15) is 5.56 Å². The Hall–Kier alpha value is -1.14. The highest BCUT2D eigenvalue weighted by atomic mass is 79.9. The zero-order valence-electron chi connectivity index (χ0n) is 9.77. The van der Waals surface area contributed by atoms with E-state index in [1.54, 1.807) is 13.3 Å². The van der Waals surface area contributed by atoms with Gasteiger partial charge >= 0.3 is 5.97 Å². The van der Waals surface area contributed by atoms with Crippen LogP contribution in [-0.2, 0) is 16.1 Å². The molecule has 0 amide bonds. The lowest BCUT2D eigenvalue weighted by atomic mass is 10.2. The highest BCUT2D eigenvalue weighted by molar-refractivity contribution is 9.10. The third-order valence-corrected chi connectivity index (χ3v) is 2.82. The molecule has 1 unspecified atom stereocenters. The van der Waals surface area contributed by atoms with Gasteiger partial charge in [0.25, 0.3) is 0 Å². The molecule has 0 aliphatic heterocycles. The lowest BCUT2D eigenvalue weighted by Gasteiger charge is -2.09. The Kier molecular flexibility index (Phi) is 5.93. The third kappa shape index (κ3) is 4.70. The van der Waals surface area contributed by atoms with Crippen molar-refractivity contribution in [3.8, 4) is 5.88 Å². The molecular weight excluding hydrogens is 288 g/mol. The van der Waals surface area contributed by atoms with Crippen molar-refractivity contribution in [2.75, 3.05) is 20.8 Å². The molecule has 0 saturated carbocycles. The Balaban J connectivity index is 2.37. The minimum Gasteiger partial charge on any atom is -0.481 e. The van der Waals surface area contributed by atoms with Crippen molar-refractivity contribution in [3.05, 3.63) is 23.9 Å². The van der Waals surface area contributed by atoms with Crippen molar-refractivity contribution in [1.82, 2.24) is 10.3 Å². The van der Waals surface area contributed by atoms with E-state index in [0.717, 1.165) is 5.56 Å². The molecule has 0 radical (unpaired) electrons. The maximum Gasteiger partial charge on any atom is 0.320 e. The zero-order chi connectivity index (χ0) is 12.7. The summed E-state index contributed by atoms with van der Waals surface area (Å²) in [6, 6.07) is 3.73. The second kappa shape index (κ2) is 7.24. The van der Waals surface area contributed by atoms with Gasteiger partial charge in [-0.25, -0.2) is 4.98 Å². The number of rotatable bonds is 6. The molecule has 1 rings (SSSR count). The Labute approximate surface area is 109 Å². The first-order valence-electron chi connectivity index (χ1n) is 5.09. The van der Waals surface area contributed by atoms with Gasteiger partial charge in [0.2, 0.25) is 5.88 Å². The Morgan fingerprint density at radius 2 is 2.35 bits per heavy atom. The van der Waals surface area contributed by atoms with Crippen molar-refractivity contribution in [2.45, 2.75) is 11.4 Å². The first-order valence-corrected chi connectivity index (χ1v) is 6.00. The van der Waals surface area contributed by atoms with Crippen molar-refractivity contribution in [1.29, 1.82) is 0 Å². The van der Waals surface area contributed by atoms with Crippen molar-refractivity contribution >= 4 is 21.9 Å². The normalized spacial score (nSPS) is 11.9. The van der Waals surface area contributed by atoms with E-state index in [2.05, 4.69) is 31.0 Å². The molecule has 6 heteroatoms. The summed E-state index contributed by atoms with van der Waals surface area (Å²) < 4.78 is 9.61. The monoisotopic (exact) mass is 302 g/mol. The second-order valence-electron chi connectivity index (χ2n) is 3.33. The molecule has 0 aliphatic carbocycles. The number of aromatic nitrogens is 1. The highest BCUT2D eigenvalue weighted by Gasteiger charge is 2.13. The van der Waals surface area contributed by atoms with Crippen LogP contribution in [0.3, 0.4) is 0 Å². The number of hydrogen-bond acceptors (Lipinski definition) is 5. The smallest absolute Gasteiger partial charge is 0.320 e. The molecule has 1 heterocycles. The first kappa shape index (κ1) is 13.9. The van der Waals surface area contributed by atoms with Crippen LogP contribution in [0.5, 0.6) is 5.88 Å². The third-order valence-electron chi connectivity index (χ3n) is 2.12. The summed E-state index contributed by atoms with van der Waals surface area (Å²) in [5.74, 6) is 0.289. The van der Waals surface area contributed by atoms with Crippen molar-refractivity contribution in [3.63, 3.8) is 0 Å². The standard InChI is InChI=1S/C11H15BrN2O3/c1-16-10-5-8(3-4-14-10)6-13-7-9(12)11(15)17-2/h3-5,9,13H,6-7H2,1-2H3. The number of esters is 1. The van der Waals surface area contributed by atoms with E-state index < -0.39 is 0 Å². The minimum atomic E-state index is -0.337. The number of hydrogen-bond donors (Lipinski definition) is 1. The van der Waals surface area contributed by atoms with E-state index in [1.807, 2.05) is 12.1 Å². The number of halogens is 1. The number of alkyl halides is 1. The lowest BCUT2D eigenvalue weighted by Crippen LogP contribution is -2.29. The molecule has 1 N–H and O–H groups in total. The van der Waals surface area contributed by atoms with Gasteiger partial charge in [-0.2, -0.15) is 0 Å². The molecule has 1 atom stereocenters. The summed E-state index contributed by atoms with van der Waals surface area (Å²) in [7, 11) is 2.94. The second-order valence-corrected chi connectivity index (χ2v) is 4.43. The van der Waals surface area contributed by atoms with Gasteiger partial charge in [-0.3, -0.25) is 4.79 Å². The van der Waals surface area contributed by atoms with E-state index in [9.17, 15) is 4.79 Å². The quantitative estimate of drug-likeness (QED) is 0.630. The Morgan fingerprint density at radius 1 is 1.59 bits per heavy atom. The van der Waals surface area contributed by atoms with E-state index in [0.29, 0.717) is 19.0 Å². The fraction of sp³-hybridized carbons (Fsp3) is 0.455. The fourth-order valence-corrected chi connectivity index (χ4v) is 1.64. The molecular formula is C11H15BrN2O3. The maximum absolute atomic E-state index is 11.1.